The average molecular weight is 466 g/mol. The van der Waals surface area contributed by atoms with Crippen LogP contribution in [0.15, 0.2) is 61.1 Å². The summed E-state index contributed by atoms with van der Waals surface area (Å²) in [4.78, 5) is 20.3. The zero-order valence-corrected chi connectivity index (χ0v) is 19.7. The van der Waals surface area contributed by atoms with Crippen LogP contribution in [0.3, 0.4) is 0 Å². The molecule has 1 aliphatic carbocycles. The molecule has 1 spiro atoms. The third kappa shape index (κ3) is 3.58. The normalized spacial score (nSPS) is 18.4. The maximum absolute atomic E-state index is 13.3. The number of carbonyl (C=O) groups excluding carboxylic acids is 1. The SMILES string of the molecule is Cc1ccc(-c2ccc(C3CC3)cn2)cc1NC(=O)c1cnn2ccc(N3CC4(COC4)C3)cc12. The summed E-state index contributed by atoms with van der Waals surface area (Å²) in [5, 5.41) is 7.52. The van der Waals surface area contributed by atoms with Gasteiger partial charge in [0.05, 0.1) is 41.6 Å². The topological polar surface area (TPSA) is 71.8 Å². The van der Waals surface area contributed by atoms with Crippen LogP contribution in [0.4, 0.5) is 11.4 Å². The second-order valence-electron chi connectivity index (χ2n) is 10.4. The van der Waals surface area contributed by atoms with Gasteiger partial charge in [-0.2, -0.15) is 5.10 Å². The fourth-order valence-electron chi connectivity index (χ4n) is 5.20. The fourth-order valence-corrected chi connectivity index (χ4v) is 5.20. The lowest BCUT2D eigenvalue weighted by Crippen LogP contribution is -2.66. The summed E-state index contributed by atoms with van der Waals surface area (Å²) in [5.74, 6) is 0.520. The van der Waals surface area contributed by atoms with E-state index in [1.54, 1.807) is 10.7 Å². The summed E-state index contributed by atoms with van der Waals surface area (Å²) in [6, 6.07) is 14.5. The zero-order chi connectivity index (χ0) is 23.6. The Morgan fingerprint density at radius 1 is 1.09 bits per heavy atom. The van der Waals surface area contributed by atoms with E-state index in [1.807, 2.05) is 31.5 Å². The highest BCUT2D eigenvalue weighted by Gasteiger charge is 2.49. The molecule has 1 N–H and O–H groups in total. The Morgan fingerprint density at radius 2 is 1.94 bits per heavy atom. The van der Waals surface area contributed by atoms with E-state index in [0.717, 1.165) is 60.0 Å². The number of benzene rings is 1. The third-order valence-corrected chi connectivity index (χ3v) is 7.60. The first-order chi connectivity index (χ1) is 17.1. The Morgan fingerprint density at radius 3 is 2.66 bits per heavy atom. The van der Waals surface area contributed by atoms with Crippen LogP contribution in [-0.4, -0.2) is 46.8 Å². The molecule has 4 aromatic rings. The van der Waals surface area contributed by atoms with Gasteiger partial charge in [-0.05, 0) is 61.1 Å². The molecule has 3 aromatic heterocycles. The lowest BCUT2D eigenvalue weighted by Gasteiger charge is -2.56. The van der Waals surface area contributed by atoms with Gasteiger partial charge in [0.15, 0.2) is 0 Å². The number of carbonyl (C=O) groups is 1. The number of anilines is 2. The molecule has 3 fully saturated rings. The molecule has 0 atom stereocenters. The van der Waals surface area contributed by atoms with Crippen molar-refractivity contribution in [3.05, 3.63) is 77.7 Å². The number of amides is 1. The van der Waals surface area contributed by atoms with Crippen LogP contribution < -0.4 is 10.2 Å². The van der Waals surface area contributed by atoms with Crippen LogP contribution in [-0.2, 0) is 4.74 Å². The van der Waals surface area contributed by atoms with E-state index in [4.69, 9.17) is 4.74 Å². The molecule has 7 heteroatoms. The molecule has 7 nitrogen and oxygen atoms in total. The molecule has 176 valence electrons. The molecule has 7 rings (SSSR count). The summed E-state index contributed by atoms with van der Waals surface area (Å²) in [6.45, 7) is 5.71. The summed E-state index contributed by atoms with van der Waals surface area (Å²) >= 11 is 0. The molecule has 1 saturated carbocycles. The Labute approximate surface area is 203 Å². The minimum atomic E-state index is -0.165. The molecule has 1 amide bonds. The van der Waals surface area contributed by atoms with Gasteiger partial charge in [-0.25, -0.2) is 4.52 Å². The number of fused-ring (bicyclic) bond motifs is 1. The standard InChI is InChI=1S/C28H27N5O2/c1-18-2-3-20(24-7-6-21(12-29-24)19-4-5-19)10-25(18)31-27(34)23-13-30-33-9-8-22(11-26(23)33)32-14-28(15-32)16-35-17-28/h2-3,6-13,19H,4-5,14-17H2,1H3,(H,31,34). The van der Waals surface area contributed by atoms with Crippen LogP contribution >= 0.6 is 0 Å². The first kappa shape index (κ1) is 20.6. The van der Waals surface area contributed by atoms with Crippen LogP contribution in [0.1, 0.15) is 40.2 Å². The van der Waals surface area contributed by atoms with Crippen molar-refractivity contribution in [2.45, 2.75) is 25.7 Å². The number of rotatable bonds is 5. The highest BCUT2D eigenvalue weighted by molar-refractivity contribution is 6.09. The monoisotopic (exact) mass is 465 g/mol. The van der Waals surface area contributed by atoms with Gasteiger partial charge >= 0.3 is 0 Å². The maximum atomic E-state index is 13.3. The number of hydrogen-bond donors (Lipinski definition) is 1. The molecular formula is C28H27N5O2. The molecule has 2 saturated heterocycles. The van der Waals surface area contributed by atoms with Gasteiger partial charge in [-0.15, -0.1) is 0 Å². The lowest BCUT2D eigenvalue weighted by atomic mass is 9.78. The first-order valence-electron chi connectivity index (χ1n) is 12.3. The number of aromatic nitrogens is 3. The molecule has 5 heterocycles. The molecular weight excluding hydrogens is 438 g/mol. The van der Waals surface area contributed by atoms with E-state index in [0.29, 0.717) is 16.9 Å². The Hall–Kier alpha value is -3.71. The van der Waals surface area contributed by atoms with Gasteiger partial charge in [0.2, 0.25) is 0 Å². The van der Waals surface area contributed by atoms with Gasteiger partial charge < -0.3 is 15.0 Å². The summed E-state index contributed by atoms with van der Waals surface area (Å²) in [7, 11) is 0. The van der Waals surface area contributed by atoms with Crippen molar-refractivity contribution in [1.29, 1.82) is 0 Å². The van der Waals surface area contributed by atoms with Crippen molar-refractivity contribution < 1.29 is 9.53 Å². The van der Waals surface area contributed by atoms with Crippen molar-refractivity contribution in [2.24, 2.45) is 5.41 Å². The van der Waals surface area contributed by atoms with Gasteiger partial charge in [0, 0.05) is 42.4 Å². The third-order valence-electron chi connectivity index (χ3n) is 7.60. The molecule has 0 bridgehead atoms. The highest BCUT2D eigenvalue weighted by atomic mass is 16.5. The summed E-state index contributed by atoms with van der Waals surface area (Å²) in [6.07, 6.45) is 8.08. The minimum Gasteiger partial charge on any atom is -0.380 e. The van der Waals surface area contributed by atoms with Crippen molar-refractivity contribution in [2.75, 3.05) is 36.5 Å². The summed E-state index contributed by atoms with van der Waals surface area (Å²) < 4.78 is 7.15. The van der Waals surface area contributed by atoms with Crippen LogP contribution in [0.25, 0.3) is 16.8 Å². The Balaban J connectivity index is 1.13. The van der Waals surface area contributed by atoms with Gasteiger partial charge in [-0.1, -0.05) is 18.2 Å². The molecule has 2 aliphatic heterocycles. The van der Waals surface area contributed by atoms with Crippen molar-refractivity contribution in [3.8, 4) is 11.3 Å². The first-order valence-corrected chi connectivity index (χ1v) is 12.3. The quantitative estimate of drug-likeness (QED) is 0.464. The predicted octanol–water partition coefficient (Wildman–Crippen LogP) is 4.67. The second-order valence-corrected chi connectivity index (χ2v) is 10.4. The Kier molecular flexibility index (Phi) is 4.51. The molecule has 1 aromatic carbocycles. The summed E-state index contributed by atoms with van der Waals surface area (Å²) in [5.41, 5.74) is 7.81. The van der Waals surface area contributed by atoms with Gasteiger partial charge in [0.25, 0.3) is 5.91 Å². The van der Waals surface area contributed by atoms with E-state index in [-0.39, 0.29) is 5.91 Å². The van der Waals surface area contributed by atoms with E-state index >= 15 is 0 Å². The number of nitrogens with one attached hydrogen (secondary N) is 1. The Bertz CT molecular complexity index is 1440. The second kappa shape index (κ2) is 7.65. The smallest absolute Gasteiger partial charge is 0.259 e. The lowest BCUT2D eigenvalue weighted by molar-refractivity contribution is -0.127. The number of aryl methyl sites for hydroxylation is 1. The average Bonchev–Trinajstić information content (AvgIpc) is 3.58. The predicted molar refractivity (Wildman–Crippen MR) is 135 cm³/mol. The number of hydrogen-bond acceptors (Lipinski definition) is 5. The van der Waals surface area contributed by atoms with Gasteiger partial charge in [0.1, 0.15) is 0 Å². The van der Waals surface area contributed by atoms with Crippen molar-refractivity contribution in [1.82, 2.24) is 14.6 Å². The van der Waals surface area contributed by atoms with E-state index in [9.17, 15) is 4.79 Å². The van der Waals surface area contributed by atoms with Crippen LogP contribution in [0.5, 0.6) is 0 Å². The van der Waals surface area contributed by atoms with E-state index in [2.05, 4.69) is 50.6 Å². The fraction of sp³-hybridized carbons (Fsp3) is 0.321. The number of ether oxygens (including phenoxy) is 1. The molecule has 0 radical (unpaired) electrons. The van der Waals surface area contributed by atoms with E-state index < -0.39 is 0 Å². The van der Waals surface area contributed by atoms with Crippen LogP contribution in [0, 0.1) is 12.3 Å². The van der Waals surface area contributed by atoms with Crippen LogP contribution in [0.2, 0.25) is 0 Å². The van der Waals surface area contributed by atoms with Crippen molar-refractivity contribution >= 4 is 22.8 Å². The molecule has 3 aliphatic rings. The largest absolute Gasteiger partial charge is 0.380 e. The van der Waals surface area contributed by atoms with Crippen molar-refractivity contribution in [3.63, 3.8) is 0 Å². The van der Waals surface area contributed by atoms with E-state index in [1.165, 1.54) is 18.4 Å². The van der Waals surface area contributed by atoms with Gasteiger partial charge in [-0.3, -0.25) is 9.78 Å². The number of pyridine rings is 2. The minimum absolute atomic E-state index is 0.165. The zero-order valence-electron chi connectivity index (χ0n) is 19.7. The molecule has 0 unspecified atom stereocenters. The number of nitrogens with zero attached hydrogens (tertiary/aromatic N) is 4. The highest BCUT2D eigenvalue weighted by Crippen LogP contribution is 2.41. The maximum Gasteiger partial charge on any atom is 0.259 e. The molecule has 35 heavy (non-hydrogen) atoms.